The smallest absolute Gasteiger partial charge is 0.300 e. The number of anilines is 1. The van der Waals surface area contributed by atoms with Gasteiger partial charge in [0.05, 0.1) is 18.7 Å². The first-order chi connectivity index (χ1) is 14.9. The summed E-state index contributed by atoms with van der Waals surface area (Å²) in [6, 6.07) is 17.5. The van der Waals surface area contributed by atoms with Crippen LogP contribution in [0.2, 0.25) is 5.02 Å². The maximum absolute atomic E-state index is 13.5. The molecule has 0 aliphatic carbocycles. The van der Waals surface area contributed by atoms with E-state index >= 15 is 0 Å². The van der Waals surface area contributed by atoms with Crippen molar-refractivity contribution in [2.45, 2.75) is 6.04 Å². The van der Waals surface area contributed by atoms with Gasteiger partial charge in [0, 0.05) is 16.3 Å². The maximum Gasteiger partial charge on any atom is 0.300 e. The van der Waals surface area contributed by atoms with Crippen LogP contribution in [-0.4, -0.2) is 23.9 Å². The summed E-state index contributed by atoms with van der Waals surface area (Å²) < 4.78 is 18.8. The molecule has 1 aliphatic rings. The highest BCUT2D eigenvalue weighted by Crippen LogP contribution is 2.42. The zero-order valence-electron chi connectivity index (χ0n) is 16.4. The standard InChI is InChI=1S/C24H17ClFNO4/c1-31-19-7-3-4-14(13-19)21-20(22(28)15-5-2-6-16(25)12-15)23(29)24(30)27(21)18-10-8-17(26)9-11-18/h2-13,21,28H,1H3/b22-20-. The maximum atomic E-state index is 13.5. The average molecular weight is 438 g/mol. The summed E-state index contributed by atoms with van der Waals surface area (Å²) >= 11 is 6.04. The molecular weight excluding hydrogens is 421 g/mol. The molecule has 1 N–H and O–H groups in total. The highest BCUT2D eigenvalue weighted by atomic mass is 35.5. The fourth-order valence-electron chi connectivity index (χ4n) is 3.62. The fourth-order valence-corrected chi connectivity index (χ4v) is 3.81. The summed E-state index contributed by atoms with van der Waals surface area (Å²) in [5.41, 5.74) is 1.08. The Morgan fingerprint density at radius 3 is 2.42 bits per heavy atom. The molecule has 1 unspecified atom stereocenters. The Bertz CT molecular complexity index is 1210. The molecule has 1 fully saturated rings. The number of aliphatic hydroxyl groups excluding tert-OH is 1. The van der Waals surface area contributed by atoms with Gasteiger partial charge in [0.15, 0.2) is 0 Å². The Balaban J connectivity index is 1.96. The molecule has 1 saturated heterocycles. The number of aliphatic hydroxyl groups is 1. The van der Waals surface area contributed by atoms with Gasteiger partial charge in [-0.3, -0.25) is 14.5 Å². The lowest BCUT2D eigenvalue weighted by Crippen LogP contribution is -2.29. The summed E-state index contributed by atoms with van der Waals surface area (Å²) in [5.74, 6) is -1.99. The number of carbonyl (C=O) groups is 2. The molecule has 7 heteroatoms. The van der Waals surface area contributed by atoms with Gasteiger partial charge in [-0.1, -0.05) is 35.9 Å². The van der Waals surface area contributed by atoms with Gasteiger partial charge in [0.2, 0.25) is 0 Å². The quantitative estimate of drug-likeness (QED) is 0.350. The summed E-state index contributed by atoms with van der Waals surface area (Å²) in [6.07, 6.45) is 0. The van der Waals surface area contributed by atoms with E-state index in [9.17, 15) is 19.1 Å². The van der Waals surface area contributed by atoms with E-state index in [-0.39, 0.29) is 11.3 Å². The Hall–Kier alpha value is -3.64. The van der Waals surface area contributed by atoms with E-state index in [1.807, 2.05) is 0 Å². The first-order valence-electron chi connectivity index (χ1n) is 9.37. The monoisotopic (exact) mass is 437 g/mol. The minimum atomic E-state index is -0.945. The van der Waals surface area contributed by atoms with E-state index in [0.717, 1.165) is 0 Å². The van der Waals surface area contributed by atoms with E-state index in [2.05, 4.69) is 0 Å². The Labute approximate surface area is 182 Å². The molecule has 3 aromatic rings. The van der Waals surface area contributed by atoms with E-state index in [0.29, 0.717) is 27.6 Å². The number of amides is 1. The van der Waals surface area contributed by atoms with Crippen LogP contribution in [0, 0.1) is 5.82 Å². The molecule has 5 nitrogen and oxygen atoms in total. The number of methoxy groups -OCH3 is 1. The van der Waals surface area contributed by atoms with E-state index in [4.69, 9.17) is 16.3 Å². The first-order valence-corrected chi connectivity index (χ1v) is 9.75. The van der Waals surface area contributed by atoms with Crippen molar-refractivity contribution in [1.29, 1.82) is 0 Å². The molecule has 0 radical (unpaired) electrons. The Morgan fingerprint density at radius 1 is 1.03 bits per heavy atom. The average Bonchev–Trinajstić information content (AvgIpc) is 3.04. The molecule has 1 aliphatic heterocycles. The van der Waals surface area contributed by atoms with Crippen LogP contribution >= 0.6 is 11.6 Å². The third-order valence-corrected chi connectivity index (χ3v) is 5.29. The third kappa shape index (κ3) is 3.78. The predicted molar refractivity (Wildman–Crippen MR) is 116 cm³/mol. The van der Waals surface area contributed by atoms with Crippen molar-refractivity contribution in [2.75, 3.05) is 12.0 Å². The van der Waals surface area contributed by atoms with Crippen LogP contribution in [0.4, 0.5) is 10.1 Å². The van der Waals surface area contributed by atoms with Gasteiger partial charge in [0.1, 0.15) is 17.3 Å². The van der Waals surface area contributed by atoms with Crippen molar-refractivity contribution in [1.82, 2.24) is 0 Å². The second-order valence-corrected chi connectivity index (χ2v) is 7.37. The van der Waals surface area contributed by atoms with Gasteiger partial charge in [-0.05, 0) is 54.1 Å². The van der Waals surface area contributed by atoms with E-state index in [1.165, 1.54) is 42.3 Å². The molecule has 0 aromatic heterocycles. The van der Waals surface area contributed by atoms with Gasteiger partial charge in [-0.25, -0.2) is 4.39 Å². The number of benzene rings is 3. The van der Waals surface area contributed by atoms with Crippen molar-refractivity contribution in [3.05, 3.63) is 100 Å². The molecule has 0 saturated carbocycles. The minimum Gasteiger partial charge on any atom is -0.507 e. The highest BCUT2D eigenvalue weighted by Gasteiger charge is 2.47. The lowest BCUT2D eigenvalue weighted by atomic mass is 9.95. The molecule has 4 rings (SSSR count). The SMILES string of the molecule is COc1cccc(C2/C(=C(/O)c3cccc(Cl)c3)C(=O)C(=O)N2c2ccc(F)cc2)c1. The fraction of sp³-hybridized carbons (Fsp3) is 0.0833. The molecule has 0 bridgehead atoms. The van der Waals surface area contributed by atoms with Crippen LogP contribution in [0.3, 0.4) is 0 Å². The number of hydrogen-bond acceptors (Lipinski definition) is 4. The number of Topliss-reactive ketones (excluding diaryl/α,β-unsaturated/α-hetero) is 1. The molecule has 31 heavy (non-hydrogen) atoms. The number of nitrogens with zero attached hydrogens (tertiary/aromatic N) is 1. The van der Waals surface area contributed by atoms with Crippen molar-refractivity contribution < 1.29 is 23.8 Å². The van der Waals surface area contributed by atoms with Gasteiger partial charge in [0.25, 0.3) is 11.7 Å². The number of hydrogen-bond donors (Lipinski definition) is 1. The van der Waals surface area contributed by atoms with Crippen LogP contribution < -0.4 is 9.64 Å². The number of halogens is 2. The zero-order valence-corrected chi connectivity index (χ0v) is 17.1. The van der Waals surface area contributed by atoms with Gasteiger partial charge in [-0.15, -0.1) is 0 Å². The van der Waals surface area contributed by atoms with Gasteiger partial charge in [-0.2, -0.15) is 0 Å². The van der Waals surface area contributed by atoms with Crippen LogP contribution in [-0.2, 0) is 9.59 Å². The molecule has 1 heterocycles. The molecule has 1 atom stereocenters. The van der Waals surface area contributed by atoms with Crippen LogP contribution in [0.5, 0.6) is 5.75 Å². The number of ketones is 1. The second kappa shape index (κ2) is 8.24. The molecular formula is C24H17ClFNO4. The Morgan fingerprint density at radius 2 is 1.74 bits per heavy atom. The van der Waals surface area contributed by atoms with Crippen LogP contribution in [0.15, 0.2) is 78.4 Å². The molecule has 156 valence electrons. The second-order valence-electron chi connectivity index (χ2n) is 6.93. The van der Waals surface area contributed by atoms with Crippen LogP contribution in [0.1, 0.15) is 17.2 Å². The van der Waals surface area contributed by atoms with E-state index < -0.39 is 23.5 Å². The first kappa shape index (κ1) is 20.6. The summed E-state index contributed by atoms with van der Waals surface area (Å²) in [6.45, 7) is 0. The minimum absolute atomic E-state index is 0.0927. The van der Waals surface area contributed by atoms with Gasteiger partial charge < -0.3 is 9.84 Å². The largest absolute Gasteiger partial charge is 0.507 e. The molecule has 3 aromatic carbocycles. The molecule has 1 amide bonds. The Kier molecular flexibility index (Phi) is 5.48. The lowest BCUT2D eigenvalue weighted by Gasteiger charge is -2.25. The predicted octanol–water partition coefficient (Wildman–Crippen LogP) is 5.11. The number of rotatable bonds is 4. The van der Waals surface area contributed by atoms with Crippen LogP contribution in [0.25, 0.3) is 5.76 Å². The zero-order chi connectivity index (χ0) is 22.1. The van der Waals surface area contributed by atoms with E-state index in [1.54, 1.807) is 42.5 Å². The topological polar surface area (TPSA) is 66.8 Å². The lowest BCUT2D eigenvalue weighted by molar-refractivity contribution is -0.132. The summed E-state index contributed by atoms with van der Waals surface area (Å²) in [4.78, 5) is 27.3. The molecule has 0 spiro atoms. The van der Waals surface area contributed by atoms with Gasteiger partial charge >= 0.3 is 0 Å². The summed E-state index contributed by atoms with van der Waals surface area (Å²) in [7, 11) is 1.50. The van der Waals surface area contributed by atoms with Crippen molar-refractivity contribution in [3.8, 4) is 5.75 Å². The number of carbonyl (C=O) groups excluding carboxylic acids is 2. The number of ether oxygens (including phenoxy) is 1. The van der Waals surface area contributed by atoms with Crippen molar-refractivity contribution in [2.24, 2.45) is 0 Å². The summed E-state index contributed by atoms with van der Waals surface area (Å²) in [5, 5.41) is 11.4. The normalized spacial score (nSPS) is 17.8. The third-order valence-electron chi connectivity index (χ3n) is 5.06. The van der Waals surface area contributed by atoms with Crippen molar-refractivity contribution in [3.63, 3.8) is 0 Å². The van der Waals surface area contributed by atoms with Crippen molar-refractivity contribution >= 4 is 34.7 Å². The highest BCUT2D eigenvalue weighted by molar-refractivity contribution is 6.51.